The highest BCUT2D eigenvalue weighted by molar-refractivity contribution is 5.78. The van der Waals surface area contributed by atoms with E-state index in [2.05, 4.69) is 6.92 Å². The quantitative estimate of drug-likeness (QED) is 0.301. The first-order valence-corrected chi connectivity index (χ1v) is 9.50. The highest BCUT2D eigenvalue weighted by atomic mass is 16.5. The summed E-state index contributed by atoms with van der Waals surface area (Å²) in [6.07, 6.45) is 15.5. The number of rotatable bonds is 15. The number of aliphatic carboxylic acids is 1. The van der Waals surface area contributed by atoms with Gasteiger partial charge >= 0.3 is 5.97 Å². The fourth-order valence-electron chi connectivity index (χ4n) is 2.29. The van der Waals surface area contributed by atoms with Gasteiger partial charge in [0, 0.05) is 6.42 Å². The summed E-state index contributed by atoms with van der Waals surface area (Å²) >= 11 is 0. The molecule has 0 aliphatic carbocycles. The van der Waals surface area contributed by atoms with Gasteiger partial charge < -0.3 is 15.3 Å². The predicted octanol–water partition coefficient (Wildman–Crippen LogP) is 4.44. The van der Waals surface area contributed by atoms with Crippen LogP contribution in [0, 0.1) is 0 Å². The molecule has 0 heterocycles. The molecular formula is C19H38O5. The summed E-state index contributed by atoms with van der Waals surface area (Å²) in [4.78, 5) is 19.9. The first-order valence-electron chi connectivity index (χ1n) is 9.50. The molecule has 0 aliphatic rings. The van der Waals surface area contributed by atoms with Gasteiger partial charge in [-0.2, -0.15) is 0 Å². The lowest BCUT2D eigenvalue weighted by molar-refractivity contribution is -0.142. The van der Waals surface area contributed by atoms with Gasteiger partial charge in [-0.05, 0) is 13.3 Å². The molecule has 0 bridgehead atoms. The molecule has 0 aliphatic heterocycles. The maximum atomic E-state index is 10.3. The monoisotopic (exact) mass is 346 g/mol. The zero-order valence-electron chi connectivity index (χ0n) is 15.6. The van der Waals surface area contributed by atoms with Gasteiger partial charge in [0.15, 0.2) is 5.78 Å². The summed E-state index contributed by atoms with van der Waals surface area (Å²) in [5.74, 6) is -1.28. The molecule has 0 aromatic carbocycles. The molecule has 5 nitrogen and oxygen atoms in total. The Bertz CT molecular complexity index is 289. The molecule has 0 fully saturated rings. The lowest BCUT2D eigenvalue weighted by atomic mass is 10.0. The predicted molar refractivity (Wildman–Crippen MR) is 96.9 cm³/mol. The van der Waals surface area contributed by atoms with Gasteiger partial charge in [0.2, 0.25) is 6.29 Å². The number of carbonyl (C=O) groups excluding carboxylic acids is 1. The molecule has 0 spiro atoms. The SMILES string of the molecule is CC(=O)C(O)O.CCCCCCCCCCCCCCCC(=O)O. The van der Waals surface area contributed by atoms with Crippen LogP contribution in [0.5, 0.6) is 0 Å². The second-order valence-electron chi connectivity index (χ2n) is 6.37. The van der Waals surface area contributed by atoms with Crippen LogP contribution in [0.15, 0.2) is 0 Å². The van der Waals surface area contributed by atoms with E-state index in [1.54, 1.807) is 0 Å². The van der Waals surface area contributed by atoms with Crippen molar-refractivity contribution in [3.05, 3.63) is 0 Å². The summed E-state index contributed by atoms with van der Waals surface area (Å²) in [6.45, 7) is 3.36. The van der Waals surface area contributed by atoms with Gasteiger partial charge in [0.05, 0.1) is 0 Å². The van der Waals surface area contributed by atoms with Crippen LogP contribution in [0.25, 0.3) is 0 Å². The van der Waals surface area contributed by atoms with Crippen LogP contribution in [-0.2, 0) is 9.59 Å². The van der Waals surface area contributed by atoms with Gasteiger partial charge in [-0.1, -0.05) is 84.0 Å². The summed E-state index contributed by atoms with van der Waals surface area (Å²) in [5, 5.41) is 24.2. The van der Waals surface area contributed by atoms with Gasteiger partial charge in [-0.25, -0.2) is 0 Å². The Morgan fingerprint density at radius 3 is 1.25 bits per heavy atom. The van der Waals surface area contributed by atoms with E-state index in [1.165, 1.54) is 70.6 Å². The number of ketones is 1. The largest absolute Gasteiger partial charge is 0.481 e. The van der Waals surface area contributed by atoms with E-state index in [1.807, 2.05) is 0 Å². The average molecular weight is 347 g/mol. The number of aliphatic hydroxyl groups is 2. The van der Waals surface area contributed by atoms with E-state index in [0.717, 1.165) is 19.8 Å². The summed E-state index contributed by atoms with van der Waals surface area (Å²) in [7, 11) is 0. The molecular weight excluding hydrogens is 308 g/mol. The minimum atomic E-state index is -1.79. The van der Waals surface area contributed by atoms with Crippen molar-refractivity contribution in [2.75, 3.05) is 0 Å². The lowest BCUT2D eigenvalue weighted by Crippen LogP contribution is -2.14. The number of carbonyl (C=O) groups is 2. The Morgan fingerprint density at radius 1 is 0.708 bits per heavy atom. The maximum absolute atomic E-state index is 10.3. The van der Waals surface area contributed by atoms with E-state index < -0.39 is 18.0 Å². The van der Waals surface area contributed by atoms with Crippen molar-refractivity contribution >= 4 is 11.8 Å². The second-order valence-corrected chi connectivity index (χ2v) is 6.37. The Labute approximate surface area is 147 Å². The smallest absolute Gasteiger partial charge is 0.303 e. The third-order valence-electron chi connectivity index (χ3n) is 3.86. The van der Waals surface area contributed by atoms with Crippen molar-refractivity contribution in [2.45, 2.75) is 110 Å². The number of Topliss-reactive ketones (excluding diaryl/α,β-unsaturated/α-hetero) is 1. The van der Waals surface area contributed by atoms with Crippen LogP contribution in [-0.4, -0.2) is 33.4 Å². The van der Waals surface area contributed by atoms with Crippen LogP contribution in [0.4, 0.5) is 0 Å². The summed E-state index contributed by atoms with van der Waals surface area (Å²) in [6, 6.07) is 0. The molecule has 0 rings (SSSR count). The number of unbranched alkanes of at least 4 members (excludes halogenated alkanes) is 12. The fraction of sp³-hybridized carbons (Fsp3) is 0.895. The Kier molecular flexibility index (Phi) is 21.2. The number of aliphatic hydroxyl groups excluding tert-OH is 1. The highest BCUT2D eigenvalue weighted by Crippen LogP contribution is 2.12. The van der Waals surface area contributed by atoms with E-state index in [4.69, 9.17) is 15.3 Å². The van der Waals surface area contributed by atoms with Crippen LogP contribution in [0.3, 0.4) is 0 Å². The molecule has 24 heavy (non-hydrogen) atoms. The zero-order valence-corrected chi connectivity index (χ0v) is 15.6. The minimum Gasteiger partial charge on any atom is -0.481 e. The second kappa shape index (κ2) is 20.1. The van der Waals surface area contributed by atoms with Crippen LogP contribution in [0.2, 0.25) is 0 Å². The number of hydrogen-bond acceptors (Lipinski definition) is 4. The Balaban J connectivity index is 0. The van der Waals surface area contributed by atoms with Crippen molar-refractivity contribution < 1.29 is 24.9 Å². The van der Waals surface area contributed by atoms with Gasteiger partial charge in [-0.15, -0.1) is 0 Å². The summed E-state index contributed by atoms with van der Waals surface area (Å²) in [5.41, 5.74) is 0. The van der Waals surface area contributed by atoms with Crippen molar-refractivity contribution in [2.24, 2.45) is 0 Å². The molecule has 0 saturated heterocycles. The molecule has 0 unspecified atom stereocenters. The van der Waals surface area contributed by atoms with Gasteiger partial charge in [0.25, 0.3) is 0 Å². The van der Waals surface area contributed by atoms with Crippen molar-refractivity contribution in [1.82, 2.24) is 0 Å². The van der Waals surface area contributed by atoms with Crippen molar-refractivity contribution in [3.63, 3.8) is 0 Å². The van der Waals surface area contributed by atoms with Crippen LogP contribution in [0.1, 0.15) is 104 Å². The molecule has 144 valence electrons. The maximum Gasteiger partial charge on any atom is 0.303 e. The van der Waals surface area contributed by atoms with Gasteiger partial charge in [-0.3, -0.25) is 9.59 Å². The minimum absolute atomic E-state index is 0.345. The average Bonchev–Trinajstić information content (AvgIpc) is 2.52. The number of carboxylic acid groups (broad SMARTS) is 1. The fourth-order valence-corrected chi connectivity index (χ4v) is 2.29. The third-order valence-corrected chi connectivity index (χ3v) is 3.86. The zero-order chi connectivity index (χ0) is 18.6. The molecule has 0 amide bonds. The molecule has 3 N–H and O–H groups in total. The van der Waals surface area contributed by atoms with E-state index in [0.29, 0.717) is 6.42 Å². The topological polar surface area (TPSA) is 94.8 Å². The van der Waals surface area contributed by atoms with Crippen molar-refractivity contribution in [3.8, 4) is 0 Å². The normalized spacial score (nSPS) is 10.4. The first kappa shape index (κ1) is 25.3. The Morgan fingerprint density at radius 2 is 1.00 bits per heavy atom. The van der Waals surface area contributed by atoms with E-state index in [-0.39, 0.29) is 0 Å². The first-order chi connectivity index (χ1) is 11.4. The van der Waals surface area contributed by atoms with Crippen LogP contribution < -0.4 is 0 Å². The van der Waals surface area contributed by atoms with Crippen molar-refractivity contribution in [1.29, 1.82) is 0 Å². The van der Waals surface area contributed by atoms with Gasteiger partial charge in [0.1, 0.15) is 0 Å². The standard InChI is InChI=1S/C16H32O2.C3H6O3/c1-2-3-4-5-6-7-8-9-10-11-12-13-14-15-16(17)18;1-2(4)3(5)6/h2-15H2,1H3,(H,17,18);3,5-6H,1H3. The Hall–Kier alpha value is -0.940. The lowest BCUT2D eigenvalue weighted by Gasteiger charge is -2.02. The van der Waals surface area contributed by atoms with E-state index >= 15 is 0 Å². The highest BCUT2D eigenvalue weighted by Gasteiger charge is 1.99. The number of hydrogen-bond donors (Lipinski definition) is 3. The molecule has 0 saturated carbocycles. The molecule has 0 atom stereocenters. The molecule has 0 aromatic heterocycles. The third kappa shape index (κ3) is 26.0. The van der Waals surface area contributed by atoms with E-state index in [9.17, 15) is 9.59 Å². The molecule has 0 radical (unpaired) electrons. The van der Waals surface area contributed by atoms with Crippen LogP contribution >= 0.6 is 0 Å². The summed E-state index contributed by atoms with van der Waals surface area (Å²) < 4.78 is 0. The molecule has 0 aromatic rings. The molecule has 5 heteroatoms. The number of carboxylic acids is 1.